The third-order valence-electron chi connectivity index (χ3n) is 3.15. The molecule has 0 bridgehead atoms. The highest BCUT2D eigenvalue weighted by Crippen LogP contribution is 2.22. The number of alkyl halides is 1. The van der Waals surface area contributed by atoms with Crippen LogP contribution in [-0.2, 0) is 6.42 Å². The standard InChI is InChI=1S/C15H18BrN/c1-11(2)14(16)9-8-12-5-3-7-15-13(12)6-4-10-17-15/h3-7,10-11,14H,8-9H2,1-2H3. The van der Waals surface area contributed by atoms with E-state index in [1.54, 1.807) is 0 Å². The molecule has 0 fully saturated rings. The second-order valence-electron chi connectivity index (χ2n) is 4.79. The number of halogens is 1. The van der Waals surface area contributed by atoms with Crippen LogP contribution in [0.3, 0.4) is 0 Å². The van der Waals surface area contributed by atoms with E-state index in [1.807, 2.05) is 12.3 Å². The van der Waals surface area contributed by atoms with Crippen molar-refractivity contribution in [2.75, 3.05) is 0 Å². The van der Waals surface area contributed by atoms with Gasteiger partial charge in [0.1, 0.15) is 0 Å². The van der Waals surface area contributed by atoms with Gasteiger partial charge in [0.05, 0.1) is 5.52 Å². The van der Waals surface area contributed by atoms with Crippen molar-refractivity contribution in [1.82, 2.24) is 4.98 Å². The van der Waals surface area contributed by atoms with Crippen molar-refractivity contribution in [2.45, 2.75) is 31.5 Å². The molecule has 0 saturated heterocycles. The van der Waals surface area contributed by atoms with Crippen LogP contribution in [0, 0.1) is 5.92 Å². The molecule has 1 aromatic carbocycles. The lowest BCUT2D eigenvalue weighted by molar-refractivity contribution is 0.582. The van der Waals surface area contributed by atoms with Crippen LogP contribution in [0.25, 0.3) is 10.9 Å². The number of fused-ring (bicyclic) bond motifs is 1. The van der Waals surface area contributed by atoms with Gasteiger partial charge in [0.25, 0.3) is 0 Å². The molecule has 0 spiro atoms. The summed E-state index contributed by atoms with van der Waals surface area (Å²) in [6.45, 7) is 4.51. The molecule has 0 radical (unpaired) electrons. The Labute approximate surface area is 111 Å². The molecule has 1 atom stereocenters. The third kappa shape index (κ3) is 3.06. The molecule has 1 aromatic heterocycles. The molecule has 1 heterocycles. The number of benzene rings is 1. The minimum atomic E-state index is 0.592. The topological polar surface area (TPSA) is 12.9 Å². The lowest BCUT2D eigenvalue weighted by atomic mass is 9.99. The molecule has 2 rings (SSSR count). The first-order valence-corrected chi connectivity index (χ1v) is 7.06. The minimum absolute atomic E-state index is 0.592. The Hall–Kier alpha value is -0.890. The summed E-state index contributed by atoms with van der Waals surface area (Å²) in [5, 5.41) is 1.29. The van der Waals surface area contributed by atoms with Crippen LogP contribution in [-0.4, -0.2) is 9.81 Å². The lowest BCUT2D eigenvalue weighted by Gasteiger charge is -2.14. The predicted octanol–water partition coefficient (Wildman–Crippen LogP) is 4.59. The summed E-state index contributed by atoms with van der Waals surface area (Å²) < 4.78 is 0. The van der Waals surface area contributed by atoms with Crippen LogP contribution in [0.2, 0.25) is 0 Å². The van der Waals surface area contributed by atoms with Crippen molar-refractivity contribution < 1.29 is 0 Å². The molecule has 0 amide bonds. The number of hydrogen-bond donors (Lipinski definition) is 0. The van der Waals surface area contributed by atoms with Crippen LogP contribution < -0.4 is 0 Å². The van der Waals surface area contributed by atoms with Gasteiger partial charge in [-0.1, -0.05) is 48.0 Å². The first kappa shape index (κ1) is 12.6. The van der Waals surface area contributed by atoms with E-state index >= 15 is 0 Å². The molecule has 1 unspecified atom stereocenters. The van der Waals surface area contributed by atoms with E-state index in [0.29, 0.717) is 10.7 Å². The minimum Gasteiger partial charge on any atom is -0.256 e. The average molecular weight is 292 g/mol. The summed E-state index contributed by atoms with van der Waals surface area (Å²) in [6.07, 6.45) is 4.14. The molecular formula is C15H18BrN. The summed E-state index contributed by atoms with van der Waals surface area (Å²) in [6, 6.07) is 10.6. The Balaban J connectivity index is 2.19. The smallest absolute Gasteiger partial charge is 0.0704 e. The third-order valence-corrected chi connectivity index (χ3v) is 4.66. The van der Waals surface area contributed by atoms with Crippen molar-refractivity contribution in [1.29, 1.82) is 0 Å². The van der Waals surface area contributed by atoms with Crippen LogP contribution in [0.1, 0.15) is 25.8 Å². The molecule has 1 nitrogen and oxygen atoms in total. The van der Waals surface area contributed by atoms with Gasteiger partial charge in [-0.05, 0) is 36.5 Å². The van der Waals surface area contributed by atoms with Gasteiger partial charge in [-0.2, -0.15) is 0 Å². The number of pyridine rings is 1. The molecule has 0 aliphatic heterocycles. The molecule has 0 aliphatic carbocycles. The molecule has 0 aliphatic rings. The Morgan fingerprint density at radius 2 is 2.00 bits per heavy atom. The number of aryl methyl sites for hydroxylation is 1. The largest absolute Gasteiger partial charge is 0.256 e. The van der Waals surface area contributed by atoms with Crippen molar-refractivity contribution in [2.24, 2.45) is 5.92 Å². The van der Waals surface area contributed by atoms with Crippen LogP contribution in [0.4, 0.5) is 0 Å². The Bertz CT molecular complexity index is 488. The van der Waals surface area contributed by atoms with Gasteiger partial charge < -0.3 is 0 Å². The first-order valence-electron chi connectivity index (χ1n) is 6.15. The van der Waals surface area contributed by atoms with E-state index in [2.05, 4.69) is 59.0 Å². The highest BCUT2D eigenvalue weighted by atomic mass is 79.9. The molecule has 17 heavy (non-hydrogen) atoms. The van der Waals surface area contributed by atoms with E-state index in [9.17, 15) is 0 Å². The molecular weight excluding hydrogens is 274 g/mol. The summed E-state index contributed by atoms with van der Waals surface area (Å²) in [5.41, 5.74) is 2.50. The maximum Gasteiger partial charge on any atom is 0.0704 e. The Kier molecular flexibility index (Phi) is 4.16. The summed E-state index contributed by atoms with van der Waals surface area (Å²) in [7, 11) is 0. The van der Waals surface area contributed by atoms with Crippen molar-refractivity contribution in [3.8, 4) is 0 Å². The van der Waals surface area contributed by atoms with Crippen LogP contribution in [0.5, 0.6) is 0 Å². The quantitative estimate of drug-likeness (QED) is 0.751. The molecule has 90 valence electrons. The van der Waals surface area contributed by atoms with Gasteiger partial charge in [0.2, 0.25) is 0 Å². The number of hydrogen-bond acceptors (Lipinski definition) is 1. The first-order chi connectivity index (χ1) is 8.18. The van der Waals surface area contributed by atoms with E-state index in [0.717, 1.165) is 11.9 Å². The van der Waals surface area contributed by atoms with Gasteiger partial charge in [-0.15, -0.1) is 0 Å². The zero-order valence-corrected chi connectivity index (χ0v) is 11.9. The average Bonchev–Trinajstić information content (AvgIpc) is 2.35. The maximum absolute atomic E-state index is 4.39. The van der Waals surface area contributed by atoms with Crippen molar-refractivity contribution in [3.05, 3.63) is 42.1 Å². The zero-order valence-electron chi connectivity index (χ0n) is 10.4. The maximum atomic E-state index is 4.39. The molecule has 2 heteroatoms. The van der Waals surface area contributed by atoms with Crippen molar-refractivity contribution >= 4 is 26.8 Å². The SMILES string of the molecule is CC(C)C(Br)CCc1cccc2ncccc12. The highest BCUT2D eigenvalue weighted by molar-refractivity contribution is 9.09. The molecule has 0 saturated carbocycles. The fourth-order valence-electron chi connectivity index (χ4n) is 2.01. The van der Waals surface area contributed by atoms with Gasteiger partial charge in [-0.3, -0.25) is 4.98 Å². The summed E-state index contributed by atoms with van der Waals surface area (Å²) in [5.74, 6) is 0.683. The Morgan fingerprint density at radius 3 is 2.76 bits per heavy atom. The fourth-order valence-corrected chi connectivity index (χ4v) is 2.24. The van der Waals surface area contributed by atoms with Gasteiger partial charge in [0.15, 0.2) is 0 Å². The normalized spacial score (nSPS) is 13.2. The highest BCUT2D eigenvalue weighted by Gasteiger charge is 2.10. The lowest BCUT2D eigenvalue weighted by Crippen LogP contribution is -2.08. The fraction of sp³-hybridized carbons (Fsp3) is 0.400. The monoisotopic (exact) mass is 291 g/mol. The van der Waals surface area contributed by atoms with Gasteiger partial charge in [-0.25, -0.2) is 0 Å². The van der Waals surface area contributed by atoms with Crippen molar-refractivity contribution in [3.63, 3.8) is 0 Å². The van der Waals surface area contributed by atoms with E-state index in [4.69, 9.17) is 0 Å². The van der Waals surface area contributed by atoms with E-state index in [-0.39, 0.29) is 0 Å². The number of nitrogens with zero attached hydrogens (tertiary/aromatic N) is 1. The van der Waals surface area contributed by atoms with E-state index < -0.39 is 0 Å². The van der Waals surface area contributed by atoms with Crippen LogP contribution >= 0.6 is 15.9 Å². The van der Waals surface area contributed by atoms with Gasteiger partial charge >= 0.3 is 0 Å². The zero-order chi connectivity index (χ0) is 12.3. The molecule has 0 N–H and O–H groups in total. The second kappa shape index (κ2) is 5.63. The number of rotatable bonds is 4. The summed E-state index contributed by atoms with van der Waals surface area (Å²) >= 11 is 3.75. The molecule has 2 aromatic rings. The predicted molar refractivity (Wildman–Crippen MR) is 77.6 cm³/mol. The van der Waals surface area contributed by atoms with Crippen LogP contribution in [0.15, 0.2) is 36.5 Å². The Morgan fingerprint density at radius 1 is 1.18 bits per heavy atom. The van der Waals surface area contributed by atoms with Gasteiger partial charge in [0, 0.05) is 16.4 Å². The second-order valence-corrected chi connectivity index (χ2v) is 5.96. The summed E-state index contributed by atoms with van der Waals surface area (Å²) in [4.78, 5) is 4.98. The van der Waals surface area contributed by atoms with E-state index in [1.165, 1.54) is 17.4 Å². The number of aromatic nitrogens is 1.